The van der Waals surface area contributed by atoms with E-state index in [0.717, 1.165) is 22.3 Å². The van der Waals surface area contributed by atoms with Gasteiger partial charge in [-0.1, -0.05) is 48.5 Å². The summed E-state index contributed by atoms with van der Waals surface area (Å²) in [5.41, 5.74) is 10.6. The van der Waals surface area contributed by atoms with Gasteiger partial charge in [0.15, 0.2) is 0 Å². The summed E-state index contributed by atoms with van der Waals surface area (Å²) in [7, 11) is 0. The van der Waals surface area contributed by atoms with E-state index in [4.69, 9.17) is 5.73 Å². The van der Waals surface area contributed by atoms with Crippen molar-refractivity contribution in [3.8, 4) is 22.3 Å². The SMILES string of the molecule is Nc1cccc(-c2cc(C(=O)O)ccc2-c2ccccc2)c1. The molecule has 3 aromatic rings. The minimum absolute atomic E-state index is 0.261. The van der Waals surface area contributed by atoms with E-state index in [9.17, 15) is 9.90 Å². The van der Waals surface area contributed by atoms with Crippen LogP contribution in [-0.4, -0.2) is 11.1 Å². The van der Waals surface area contributed by atoms with Gasteiger partial charge in [-0.05, 0) is 46.5 Å². The summed E-state index contributed by atoms with van der Waals surface area (Å²) in [6.45, 7) is 0. The highest BCUT2D eigenvalue weighted by molar-refractivity contribution is 5.93. The molecular formula is C19H15NO2. The summed E-state index contributed by atoms with van der Waals surface area (Å²) in [6.07, 6.45) is 0. The molecule has 3 rings (SSSR count). The number of rotatable bonds is 3. The van der Waals surface area contributed by atoms with E-state index in [1.165, 1.54) is 0 Å². The standard InChI is InChI=1S/C19H15NO2/c20-16-8-4-7-14(11-16)18-12-15(19(21)22)9-10-17(18)13-5-2-1-3-6-13/h1-12H,20H2,(H,21,22). The Balaban J connectivity index is 2.24. The van der Waals surface area contributed by atoms with Gasteiger partial charge in [0.2, 0.25) is 0 Å². The lowest BCUT2D eigenvalue weighted by Gasteiger charge is -2.12. The zero-order valence-electron chi connectivity index (χ0n) is 11.9. The van der Waals surface area contributed by atoms with Crippen LogP contribution in [0.4, 0.5) is 5.69 Å². The van der Waals surface area contributed by atoms with Crippen LogP contribution >= 0.6 is 0 Å². The summed E-state index contributed by atoms with van der Waals surface area (Å²) < 4.78 is 0. The van der Waals surface area contributed by atoms with E-state index in [1.54, 1.807) is 12.1 Å². The Morgan fingerprint density at radius 1 is 0.773 bits per heavy atom. The molecule has 0 aliphatic heterocycles. The van der Waals surface area contributed by atoms with Gasteiger partial charge in [0.1, 0.15) is 0 Å². The number of benzene rings is 3. The molecular weight excluding hydrogens is 274 g/mol. The van der Waals surface area contributed by atoms with Gasteiger partial charge in [0.05, 0.1) is 5.56 Å². The molecule has 0 fully saturated rings. The molecule has 0 radical (unpaired) electrons. The number of carboxylic acid groups (broad SMARTS) is 1. The molecule has 0 aliphatic carbocycles. The number of carboxylic acids is 1. The van der Waals surface area contributed by atoms with Gasteiger partial charge in [-0.15, -0.1) is 0 Å². The largest absolute Gasteiger partial charge is 0.478 e. The van der Waals surface area contributed by atoms with E-state index < -0.39 is 5.97 Å². The third-order valence-electron chi connectivity index (χ3n) is 3.55. The van der Waals surface area contributed by atoms with Gasteiger partial charge in [-0.3, -0.25) is 0 Å². The molecule has 3 nitrogen and oxygen atoms in total. The maximum Gasteiger partial charge on any atom is 0.335 e. The monoisotopic (exact) mass is 289 g/mol. The minimum Gasteiger partial charge on any atom is -0.478 e. The minimum atomic E-state index is -0.940. The average Bonchev–Trinajstić information content (AvgIpc) is 2.55. The van der Waals surface area contributed by atoms with Crippen molar-refractivity contribution < 1.29 is 9.90 Å². The predicted molar refractivity (Wildman–Crippen MR) is 88.7 cm³/mol. The van der Waals surface area contributed by atoms with E-state index >= 15 is 0 Å². The van der Waals surface area contributed by atoms with Crippen LogP contribution in [0.5, 0.6) is 0 Å². The fourth-order valence-electron chi connectivity index (χ4n) is 2.49. The van der Waals surface area contributed by atoms with Gasteiger partial charge in [-0.2, -0.15) is 0 Å². The number of nitrogens with two attached hydrogens (primary N) is 1. The molecule has 0 aliphatic rings. The summed E-state index contributed by atoms with van der Waals surface area (Å²) in [6, 6.07) is 22.5. The van der Waals surface area contributed by atoms with Crippen molar-refractivity contribution >= 4 is 11.7 Å². The lowest BCUT2D eigenvalue weighted by atomic mass is 9.92. The first kappa shape index (κ1) is 13.9. The van der Waals surface area contributed by atoms with Crippen LogP contribution in [0.1, 0.15) is 10.4 Å². The fraction of sp³-hybridized carbons (Fsp3) is 0. The second-order valence-corrected chi connectivity index (χ2v) is 5.06. The Morgan fingerprint density at radius 3 is 2.18 bits per heavy atom. The quantitative estimate of drug-likeness (QED) is 0.706. The Bertz CT molecular complexity index is 826. The first-order chi connectivity index (χ1) is 10.6. The number of carbonyl (C=O) groups is 1. The topological polar surface area (TPSA) is 63.3 Å². The van der Waals surface area contributed by atoms with Crippen LogP contribution in [0, 0.1) is 0 Å². The molecule has 0 heterocycles. The zero-order valence-corrected chi connectivity index (χ0v) is 11.9. The molecule has 3 aromatic carbocycles. The Hall–Kier alpha value is -3.07. The smallest absolute Gasteiger partial charge is 0.335 e. The molecule has 0 aromatic heterocycles. The highest BCUT2D eigenvalue weighted by atomic mass is 16.4. The van der Waals surface area contributed by atoms with Gasteiger partial charge >= 0.3 is 5.97 Å². The van der Waals surface area contributed by atoms with E-state index in [0.29, 0.717) is 5.69 Å². The van der Waals surface area contributed by atoms with Crippen molar-refractivity contribution in [1.82, 2.24) is 0 Å². The third-order valence-corrected chi connectivity index (χ3v) is 3.55. The number of aromatic carboxylic acids is 1. The van der Waals surface area contributed by atoms with Crippen LogP contribution in [0.25, 0.3) is 22.3 Å². The molecule has 0 unspecified atom stereocenters. The summed E-state index contributed by atoms with van der Waals surface area (Å²) in [5.74, 6) is -0.940. The molecule has 0 amide bonds. The summed E-state index contributed by atoms with van der Waals surface area (Å²) in [4.78, 5) is 11.3. The summed E-state index contributed by atoms with van der Waals surface area (Å²) >= 11 is 0. The lowest BCUT2D eigenvalue weighted by molar-refractivity contribution is 0.0697. The van der Waals surface area contributed by atoms with Crippen molar-refractivity contribution in [1.29, 1.82) is 0 Å². The van der Waals surface area contributed by atoms with Crippen molar-refractivity contribution in [3.05, 3.63) is 78.4 Å². The maximum absolute atomic E-state index is 11.3. The van der Waals surface area contributed by atoms with Crippen molar-refractivity contribution in [2.24, 2.45) is 0 Å². The number of anilines is 1. The molecule has 22 heavy (non-hydrogen) atoms. The molecule has 0 saturated carbocycles. The molecule has 0 bridgehead atoms. The van der Waals surface area contributed by atoms with Crippen LogP contribution in [0.15, 0.2) is 72.8 Å². The zero-order chi connectivity index (χ0) is 15.5. The van der Waals surface area contributed by atoms with E-state index in [1.807, 2.05) is 60.7 Å². The van der Waals surface area contributed by atoms with E-state index in [-0.39, 0.29) is 5.56 Å². The first-order valence-corrected chi connectivity index (χ1v) is 6.94. The second kappa shape index (κ2) is 5.74. The predicted octanol–water partition coefficient (Wildman–Crippen LogP) is 4.30. The van der Waals surface area contributed by atoms with E-state index in [2.05, 4.69) is 0 Å². The second-order valence-electron chi connectivity index (χ2n) is 5.06. The molecule has 0 spiro atoms. The average molecular weight is 289 g/mol. The Labute approximate surface area is 128 Å². The maximum atomic E-state index is 11.3. The van der Waals surface area contributed by atoms with Crippen LogP contribution in [0.3, 0.4) is 0 Å². The van der Waals surface area contributed by atoms with Crippen molar-refractivity contribution in [2.45, 2.75) is 0 Å². The van der Waals surface area contributed by atoms with Crippen LogP contribution in [-0.2, 0) is 0 Å². The van der Waals surface area contributed by atoms with Crippen LogP contribution in [0.2, 0.25) is 0 Å². The van der Waals surface area contributed by atoms with Gasteiger partial charge in [-0.25, -0.2) is 4.79 Å². The first-order valence-electron chi connectivity index (χ1n) is 6.94. The van der Waals surface area contributed by atoms with Gasteiger partial charge in [0.25, 0.3) is 0 Å². The summed E-state index contributed by atoms with van der Waals surface area (Å²) in [5, 5.41) is 9.25. The normalized spacial score (nSPS) is 10.4. The van der Waals surface area contributed by atoms with Crippen LogP contribution < -0.4 is 5.73 Å². The molecule has 0 atom stereocenters. The molecule has 3 N–H and O–H groups in total. The Morgan fingerprint density at radius 2 is 1.50 bits per heavy atom. The van der Waals surface area contributed by atoms with Crippen molar-refractivity contribution in [2.75, 3.05) is 5.73 Å². The Kier molecular flexibility index (Phi) is 3.62. The fourth-order valence-corrected chi connectivity index (χ4v) is 2.49. The molecule has 0 saturated heterocycles. The highest BCUT2D eigenvalue weighted by Gasteiger charge is 2.11. The number of hydrogen-bond acceptors (Lipinski definition) is 2. The van der Waals surface area contributed by atoms with Gasteiger partial charge in [0, 0.05) is 5.69 Å². The molecule has 108 valence electrons. The van der Waals surface area contributed by atoms with Gasteiger partial charge < -0.3 is 10.8 Å². The molecule has 3 heteroatoms. The highest BCUT2D eigenvalue weighted by Crippen LogP contribution is 2.33. The number of hydrogen-bond donors (Lipinski definition) is 2. The van der Waals surface area contributed by atoms with Crippen molar-refractivity contribution in [3.63, 3.8) is 0 Å². The number of nitrogen functional groups attached to an aromatic ring is 1. The third kappa shape index (κ3) is 2.69. The lowest BCUT2D eigenvalue weighted by Crippen LogP contribution is -1.97.